The first-order chi connectivity index (χ1) is 13.5. The second kappa shape index (κ2) is 8.73. The molecular formula is C22H18FN3O2. The molecule has 0 radical (unpaired) electrons. The number of hydrogen-bond acceptors (Lipinski definition) is 3. The highest BCUT2D eigenvalue weighted by molar-refractivity contribution is 6.09. The van der Waals surface area contributed by atoms with Gasteiger partial charge in [-0.15, -0.1) is 0 Å². The van der Waals surface area contributed by atoms with Crippen LogP contribution < -0.4 is 10.7 Å². The van der Waals surface area contributed by atoms with Gasteiger partial charge in [0.15, 0.2) is 0 Å². The van der Waals surface area contributed by atoms with Crippen LogP contribution in [0.15, 0.2) is 77.9 Å². The molecule has 2 amide bonds. The molecular weight excluding hydrogens is 357 g/mol. The van der Waals surface area contributed by atoms with Crippen LogP contribution in [0.4, 0.5) is 10.1 Å². The van der Waals surface area contributed by atoms with Gasteiger partial charge in [-0.2, -0.15) is 5.10 Å². The third-order valence-electron chi connectivity index (χ3n) is 3.96. The number of nitrogens with zero attached hydrogens (tertiary/aromatic N) is 1. The van der Waals surface area contributed by atoms with Gasteiger partial charge in [-0.1, -0.05) is 48.0 Å². The van der Waals surface area contributed by atoms with E-state index < -0.39 is 17.6 Å². The molecule has 0 atom stereocenters. The molecule has 140 valence electrons. The number of anilines is 1. The highest BCUT2D eigenvalue weighted by atomic mass is 19.1. The number of rotatable bonds is 5. The average molecular weight is 375 g/mol. The number of aryl methyl sites for hydroxylation is 1. The van der Waals surface area contributed by atoms with Crippen molar-refractivity contribution in [2.24, 2.45) is 5.10 Å². The average Bonchev–Trinajstić information content (AvgIpc) is 2.70. The Bertz CT molecular complexity index is 1030. The van der Waals surface area contributed by atoms with Crippen molar-refractivity contribution in [1.29, 1.82) is 0 Å². The van der Waals surface area contributed by atoms with Gasteiger partial charge >= 0.3 is 0 Å². The van der Waals surface area contributed by atoms with E-state index in [1.807, 2.05) is 31.2 Å². The standard InChI is InChI=1S/C22H18FN3O2/c1-15-9-11-16(12-10-15)14-24-26-22(28)19-7-2-3-8-20(19)25-21(27)17-5-4-6-18(23)13-17/h2-14H,1H3,(H,25,27)(H,26,28). The summed E-state index contributed by atoms with van der Waals surface area (Å²) >= 11 is 0. The van der Waals surface area contributed by atoms with E-state index in [4.69, 9.17) is 0 Å². The van der Waals surface area contributed by atoms with E-state index in [9.17, 15) is 14.0 Å². The number of hydrazone groups is 1. The number of carbonyl (C=O) groups is 2. The van der Waals surface area contributed by atoms with Gasteiger partial charge in [0.2, 0.25) is 0 Å². The van der Waals surface area contributed by atoms with Crippen LogP contribution in [0.1, 0.15) is 31.8 Å². The molecule has 0 aromatic heterocycles. The van der Waals surface area contributed by atoms with E-state index in [1.54, 1.807) is 24.3 Å². The predicted octanol–water partition coefficient (Wildman–Crippen LogP) is 4.15. The van der Waals surface area contributed by atoms with Crippen molar-refractivity contribution in [1.82, 2.24) is 5.43 Å². The van der Waals surface area contributed by atoms with Crippen LogP contribution in [-0.2, 0) is 0 Å². The third-order valence-corrected chi connectivity index (χ3v) is 3.96. The molecule has 28 heavy (non-hydrogen) atoms. The Labute approximate surface area is 161 Å². The smallest absolute Gasteiger partial charge is 0.273 e. The normalized spacial score (nSPS) is 10.6. The minimum Gasteiger partial charge on any atom is -0.321 e. The van der Waals surface area contributed by atoms with Crippen molar-refractivity contribution < 1.29 is 14.0 Å². The number of para-hydroxylation sites is 1. The number of benzene rings is 3. The van der Waals surface area contributed by atoms with Crippen molar-refractivity contribution in [3.05, 3.63) is 101 Å². The van der Waals surface area contributed by atoms with Crippen molar-refractivity contribution in [2.45, 2.75) is 6.92 Å². The molecule has 2 N–H and O–H groups in total. The fourth-order valence-corrected chi connectivity index (χ4v) is 2.49. The molecule has 3 aromatic carbocycles. The van der Waals surface area contributed by atoms with Gasteiger partial charge in [-0.05, 0) is 42.8 Å². The summed E-state index contributed by atoms with van der Waals surface area (Å²) in [6, 6.07) is 19.5. The highest BCUT2D eigenvalue weighted by Crippen LogP contribution is 2.16. The first-order valence-corrected chi connectivity index (χ1v) is 8.59. The maximum Gasteiger partial charge on any atom is 0.273 e. The molecule has 5 nitrogen and oxygen atoms in total. The van der Waals surface area contributed by atoms with Gasteiger partial charge in [0.25, 0.3) is 11.8 Å². The zero-order chi connectivity index (χ0) is 19.9. The lowest BCUT2D eigenvalue weighted by molar-refractivity contribution is 0.0956. The van der Waals surface area contributed by atoms with Gasteiger partial charge < -0.3 is 5.32 Å². The lowest BCUT2D eigenvalue weighted by atomic mass is 10.1. The fourth-order valence-electron chi connectivity index (χ4n) is 2.49. The molecule has 0 bridgehead atoms. The Kier molecular flexibility index (Phi) is 5.91. The largest absolute Gasteiger partial charge is 0.321 e. The summed E-state index contributed by atoms with van der Waals surface area (Å²) in [7, 11) is 0. The number of hydrogen-bond donors (Lipinski definition) is 2. The molecule has 3 rings (SSSR count). The Balaban J connectivity index is 1.71. The molecule has 0 aliphatic carbocycles. The van der Waals surface area contributed by atoms with Crippen molar-refractivity contribution >= 4 is 23.7 Å². The van der Waals surface area contributed by atoms with Gasteiger partial charge in [0.1, 0.15) is 5.82 Å². The van der Waals surface area contributed by atoms with Crippen molar-refractivity contribution in [3.63, 3.8) is 0 Å². The number of halogens is 1. The van der Waals surface area contributed by atoms with E-state index in [0.29, 0.717) is 5.69 Å². The topological polar surface area (TPSA) is 70.6 Å². The highest BCUT2D eigenvalue weighted by Gasteiger charge is 2.14. The van der Waals surface area contributed by atoms with Crippen LogP contribution >= 0.6 is 0 Å². The Morgan fingerprint density at radius 3 is 2.43 bits per heavy atom. The molecule has 0 fully saturated rings. The van der Waals surface area contributed by atoms with Gasteiger partial charge in [0.05, 0.1) is 17.5 Å². The number of nitrogens with one attached hydrogen (secondary N) is 2. The van der Waals surface area contributed by atoms with Crippen molar-refractivity contribution in [2.75, 3.05) is 5.32 Å². The summed E-state index contributed by atoms with van der Waals surface area (Å²) < 4.78 is 13.3. The zero-order valence-corrected chi connectivity index (χ0v) is 15.1. The minimum atomic E-state index is -0.511. The lowest BCUT2D eigenvalue weighted by Crippen LogP contribution is -2.21. The van der Waals surface area contributed by atoms with Gasteiger partial charge in [-0.3, -0.25) is 9.59 Å². The Morgan fingerprint density at radius 2 is 1.68 bits per heavy atom. The third kappa shape index (κ3) is 4.88. The van der Waals surface area contributed by atoms with Gasteiger partial charge in [0, 0.05) is 5.56 Å². The predicted molar refractivity (Wildman–Crippen MR) is 107 cm³/mol. The van der Waals surface area contributed by atoms with E-state index in [2.05, 4.69) is 15.8 Å². The second-order valence-corrected chi connectivity index (χ2v) is 6.12. The molecule has 6 heteroatoms. The van der Waals surface area contributed by atoms with Crippen molar-refractivity contribution in [3.8, 4) is 0 Å². The summed E-state index contributed by atoms with van der Waals surface area (Å²) in [5.41, 5.74) is 5.13. The lowest BCUT2D eigenvalue weighted by Gasteiger charge is -2.10. The quantitative estimate of drug-likeness (QED) is 0.519. The van der Waals surface area contributed by atoms with E-state index in [0.717, 1.165) is 17.2 Å². The zero-order valence-electron chi connectivity index (χ0n) is 15.1. The maximum atomic E-state index is 13.3. The fraction of sp³-hybridized carbons (Fsp3) is 0.0455. The molecule has 0 saturated carbocycles. The van der Waals surface area contributed by atoms with Crippen LogP contribution in [0.2, 0.25) is 0 Å². The van der Waals surface area contributed by atoms with Crippen LogP contribution in [0.5, 0.6) is 0 Å². The Morgan fingerprint density at radius 1 is 0.929 bits per heavy atom. The van der Waals surface area contributed by atoms with Crippen LogP contribution in [0.3, 0.4) is 0 Å². The summed E-state index contributed by atoms with van der Waals surface area (Å²) in [4.78, 5) is 24.8. The molecule has 0 spiro atoms. The summed E-state index contributed by atoms with van der Waals surface area (Å²) in [6.07, 6.45) is 1.53. The Hall–Kier alpha value is -3.80. The SMILES string of the molecule is Cc1ccc(C=NNC(=O)c2ccccc2NC(=O)c2cccc(F)c2)cc1. The molecule has 0 aliphatic heterocycles. The maximum absolute atomic E-state index is 13.3. The molecule has 0 heterocycles. The van der Waals surface area contributed by atoms with Crippen LogP contribution in [0.25, 0.3) is 0 Å². The molecule has 0 saturated heterocycles. The summed E-state index contributed by atoms with van der Waals surface area (Å²) in [5.74, 6) is -1.49. The van der Waals surface area contributed by atoms with Crippen LogP contribution in [-0.4, -0.2) is 18.0 Å². The second-order valence-electron chi connectivity index (χ2n) is 6.12. The molecule has 0 unspecified atom stereocenters. The molecule has 0 aliphatic rings. The summed E-state index contributed by atoms with van der Waals surface area (Å²) in [5, 5.41) is 6.58. The molecule has 3 aromatic rings. The van der Waals surface area contributed by atoms with E-state index in [1.165, 1.54) is 24.4 Å². The van der Waals surface area contributed by atoms with Gasteiger partial charge in [-0.25, -0.2) is 9.82 Å². The van der Waals surface area contributed by atoms with E-state index in [-0.39, 0.29) is 11.1 Å². The van der Waals surface area contributed by atoms with E-state index >= 15 is 0 Å². The number of amides is 2. The monoisotopic (exact) mass is 375 g/mol. The first-order valence-electron chi connectivity index (χ1n) is 8.59. The van der Waals surface area contributed by atoms with Crippen LogP contribution in [0, 0.1) is 12.7 Å². The first kappa shape index (κ1) is 19.0. The summed E-state index contributed by atoms with van der Waals surface area (Å²) in [6.45, 7) is 1.98. The number of carbonyl (C=O) groups excluding carboxylic acids is 2. The minimum absolute atomic E-state index is 0.160.